The molecule has 1 saturated heterocycles. The van der Waals surface area contributed by atoms with Crippen molar-refractivity contribution in [1.29, 1.82) is 0 Å². The minimum absolute atomic E-state index is 0.0196. The molecule has 0 radical (unpaired) electrons. The number of thioether (sulfide) groups is 1. The number of aliphatic hydroxyl groups is 1. The van der Waals surface area contributed by atoms with E-state index in [1.54, 1.807) is 23.1 Å². The topological polar surface area (TPSA) is 90.5 Å². The zero-order valence-electron chi connectivity index (χ0n) is 20.9. The number of ether oxygens (including phenoxy) is 2. The van der Waals surface area contributed by atoms with Crippen molar-refractivity contribution in [2.45, 2.75) is 49.8 Å². The first kappa shape index (κ1) is 26.0. The van der Waals surface area contributed by atoms with Gasteiger partial charge in [-0.05, 0) is 46.9 Å². The van der Waals surface area contributed by atoms with Crippen molar-refractivity contribution in [1.82, 2.24) is 10.2 Å². The van der Waals surface area contributed by atoms with E-state index in [0.29, 0.717) is 6.54 Å². The van der Waals surface area contributed by atoms with Gasteiger partial charge in [-0.2, -0.15) is 0 Å². The third-order valence-corrected chi connectivity index (χ3v) is 8.72. The van der Waals surface area contributed by atoms with Gasteiger partial charge in [-0.25, -0.2) is 0 Å². The number of rotatable bonds is 8. The Morgan fingerprint density at radius 3 is 2.38 bits per heavy atom. The first-order valence-corrected chi connectivity index (χ1v) is 14.2. The molecule has 4 aromatic rings. The lowest BCUT2D eigenvalue weighted by Gasteiger charge is -2.41. The summed E-state index contributed by atoms with van der Waals surface area (Å²) in [5.74, 6) is 0.862. The van der Waals surface area contributed by atoms with Gasteiger partial charge < -0.3 is 20.3 Å². The second-order valence-electron chi connectivity index (χ2n) is 9.25. The Morgan fingerprint density at radius 1 is 0.919 bits per heavy atom. The monoisotopic (exact) mass is 533 g/mol. The third-order valence-electron chi connectivity index (χ3n) is 6.66. The van der Waals surface area contributed by atoms with E-state index >= 15 is 0 Å². The van der Waals surface area contributed by atoms with Gasteiger partial charge in [-0.3, -0.25) is 0 Å². The second kappa shape index (κ2) is 11.9. The summed E-state index contributed by atoms with van der Waals surface area (Å²) < 4.78 is 14.2. The second-order valence-corrected chi connectivity index (χ2v) is 11.7. The summed E-state index contributed by atoms with van der Waals surface area (Å²) in [4.78, 5) is 0. The molecule has 3 N–H and O–H groups in total. The van der Waals surface area contributed by atoms with E-state index in [0.717, 1.165) is 48.5 Å². The maximum Gasteiger partial charge on any atom is 0.184 e. The lowest BCUT2D eigenvalue weighted by molar-refractivity contribution is -0.268. The molecule has 0 aliphatic carbocycles. The fourth-order valence-corrected chi connectivity index (χ4v) is 6.55. The summed E-state index contributed by atoms with van der Waals surface area (Å²) in [6.45, 7) is 4.66. The fourth-order valence-electron chi connectivity index (χ4n) is 4.54. The molecule has 0 amide bonds. The Bertz CT molecular complexity index is 1330. The Hall–Kier alpha value is -2.59. The summed E-state index contributed by atoms with van der Waals surface area (Å²) in [7, 11) is 0. The number of benzene rings is 3. The lowest BCUT2D eigenvalue weighted by Crippen LogP contribution is -2.38. The number of aromatic nitrogens is 2. The molecule has 8 heteroatoms. The number of nitrogens with zero attached hydrogens (tertiary/aromatic N) is 2. The molecule has 1 aliphatic heterocycles. The van der Waals surface area contributed by atoms with Crippen LogP contribution in [0.15, 0.2) is 77.1 Å². The number of hydrogen-bond donors (Lipinski definition) is 2. The molecule has 1 aromatic heterocycles. The molecule has 192 valence electrons. The van der Waals surface area contributed by atoms with Gasteiger partial charge in [-0.1, -0.05) is 90.7 Å². The maximum atomic E-state index is 9.49. The highest BCUT2D eigenvalue weighted by Gasteiger charge is 2.38. The van der Waals surface area contributed by atoms with Crippen molar-refractivity contribution in [3.63, 3.8) is 0 Å². The zero-order valence-corrected chi connectivity index (χ0v) is 22.5. The van der Waals surface area contributed by atoms with E-state index < -0.39 is 6.29 Å². The average molecular weight is 534 g/mol. The van der Waals surface area contributed by atoms with E-state index in [1.165, 1.54) is 0 Å². The summed E-state index contributed by atoms with van der Waals surface area (Å²) in [5.41, 5.74) is 12.1. The molecule has 3 aromatic carbocycles. The molecule has 1 fully saturated rings. The fraction of sp³-hybridized carbons (Fsp3) is 0.310. The number of hydrogen-bond acceptors (Lipinski definition) is 8. The summed E-state index contributed by atoms with van der Waals surface area (Å²) in [5, 5.41) is 18.9. The number of aryl methyl sites for hydroxylation is 1. The van der Waals surface area contributed by atoms with Crippen LogP contribution in [0.4, 0.5) is 0 Å². The van der Waals surface area contributed by atoms with Crippen molar-refractivity contribution < 1.29 is 14.6 Å². The molecule has 2 heterocycles. The van der Waals surface area contributed by atoms with E-state index in [9.17, 15) is 5.11 Å². The highest BCUT2D eigenvalue weighted by Crippen LogP contribution is 2.43. The van der Waals surface area contributed by atoms with Gasteiger partial charge in [0, 0.05) is 23.8 Å². The van der Waals surface area contributed by atoms with Crippen LogP contribution in [0.1, 0.15) is 46.6 Å². The van der Waals surface area contributed by atoms with Crippen LogP contribution < -0.4 is 5.73 Å². The van der Waals surface area contributed by atoms with Gasteiger partial charge in [0.05, 0.1) is 18.8 Å². The van der Waals surface area contributed by atoms with Gasteiger partial charge in [0.2, 0.25) is 0 Å². The van der Waals surface area contributed by atoms with Gasteiger partial charge in [-0.15, -0.1) is 10.2 Å². The van der Waals surface area contributed by atoms with Crippen molar-refractivity contribution >= 4 is 23.1 Å². The summed E-state index contributed by atoms with van der Waals surface area (Å²) in [6, 6.07) is 24.6. The third kappa shape index (κ3) is 6.12. The molecule has 4 atom stereocenters. The Balaban J connectivity index is 1.43. The van der Waals surface area contributed by atoms with Gasteiger partial charge >= 0.3 is 0 Å². The van der Waals surface area contributed by atoms with Crippen molar-refractivity contribution in [3.05, 3.63) is 100 Å². The van der Waals surface area contributed by atoms with E-state index in [-0.39, 0.29) is 24.7 Å². The van der Waals surface area contributed by atoms with Gasteiger partial charge in [0.25, 0.3) is 0 Å². The molecule has 5 rings (SSSR count). The first-order chi connectivity index (χ1) is 18.0. The predicted octanol–water partition coefficient (Wildman–Crippen LogP) is 6.05. The van der Waals surface area contributed by atoms with Crippen molar-refractivity contribution in [2.75, 3.05) is 5.75 Å². The molecule has 0 saturated carbocycles. The molecular formula is C29H31N3O3S2. The number of aliphatic hydroxyl groups excluding tert-OH is 1. The SMILES string of the molecule is Cc1nnc(SC[C@@H]2O[C@H](c3cccc(-c4cccc(CN)c4)c3)O[C@H](c3ccc(CO)cc3)[C@@H]2C)s1. The Morgan fingerprint density at radius 2 is 1.68 bits per heavy atom. The smallest absolute Gasteiger partial charge is 0.184 e. The van der Waals surface area contributed by atoms with Crippen LogP contribution >= 0.6 is 23.1 Å². The van der Waals surface area contributed by atoms with Crippen molar-refractivity contribution in [2.24, 2.45) is 11.7 Å². The van der Waals surface area contributed by atoms with Crippen LogP contribution in [0.3, 0.4) is 0 Å². The van der Waals surface area contributed by atoms with Gasteiger partial charge in [0.15, 0.2) is 10.6 Å². The molecule has 1 aliphatic rings. The minimum atomic E-state index is -0.516. The summed E-state index contributed by atoms with van der Waals surface area (Å²) in [6.07, 6.45) is -0.727. The maximum absolute atomic E-state index is 9.49. The largest absolute Gasteiger partial charge is 0.392 e. The normalized spacial score (nSPS) is 21.7. The predicted molar refractivity (Wildman–Crippen MR) is 148 cm³/mol. The average Bonchev–Trinajstić information content (AvgIpc) is 3.37. The van der Waals surface area contributed by atoms with E-state index in [2.05, 4.69) is 47.5 Å². The van der Waals surface area contributed by atoms with E-state index in [1.807, 2.05) is 49.4 Å². The highest BCUT2D eigenvalue weighted by molar-refractivity contribution is 8.01. The Labute approximate surface area is 225 Å². The van der Waals surface area contributed by atoms with Crippen molar-refractivity contribution in [3.8, 4) is 11.1 Å². The van der Waals surface area contributed by atoms with Gasteiger partial charge in [0.1, 0.15) is 5.01 Å². The van der Waals surface area contributed by atoms with Crippen LogP contribution in [0.5, 0.6) is 0 Å². The molecule has 0 bridgehead atoms. The van der Waals surface area contributed by atoms with Crippen LogP contribution in [0.25, 0.3) is 11.1 Å². The van der Waals surface area contributed by atoms with Crippen LogP contribution in [-0.2, 0) is 22.6 Å². The summed E-state index contributed by atoms with van der Waals surface area (Å²) >= 11 is 3.28. The zero-order chi connectivity index (χ0) is 25.8. The minimum Gasteiger partial charge on any atom is -0.392 e. The molecule has 37 heavy (non-hydrogen) atoms. The van der Waals surface area contributed by atoms with Crippen LogP contribution in [0.2, 0.25) is 0 Å². The molecular weight excluding hydrogens is 502 g/mol. The Kier molecular flexibility index (Phi) is 8.34. The standard InChI is InChI=1S/C29H31N3O3S2/c1-18-26(17-36-29-32-31-19(2)37-29)34-28(35-27(18)22-11-9-20(16-33)10-12-22)25-8-4-7-24(14-25)23-6-3-5-21(13-23)15-30/h3-14,18,26-28,33H,15-17,30H2,1-2H3/t18-,26+,27+,28+/m1/s1. The lowest BCUT2D eigenvalue weighted by atomic mass is 9.91. The molecule has 0 unspecified atom stereocenters. The quantitative estimate of drug-likeness (QED) is 0.267. The molecule has 6 nitrogen and oxygen atoms in total. The van der Waals surface area contributed by atoms with E-state index in [4.69, 9.17) is 15.2 Å². The number of nitrogens with two attached hydrogens (primary N) is 1. The van der Waals surface area contributed by atoms with Crippen LogP contribution in [-0.4, -0.2) is 27.2 Å². The van der Waals surface area contributed by atoms with Crippen LogP contribution in [0, 0.1) is 12.8 Å². The first-order valence-electron chi connectivity index (χ1n) is 12.4. The molecule has 0 spiro atoms. The highest BCUT2D eigenvalue weighted by atomic mass is 32.2.